The molecule has 3 aromatic rings. The SMILES string of the molecule is COC(=O)[C@@H](C)NC(=O)c1cnc(-c2ccc3cc(C#N)cnn23)cc1NC12CCC(O)(CC1)CC2. The van der Waals surface area contributed by atoms with Gasteiger partial charge in [0.05, 0.1) is 52.6 Å². The lowest BCUT2D eigenvalue weighted by Crippen LogP contribution is -2.54. The minimum atomic E-state index is -0.819. The van der Waals surface area contributed by atoms with Gasteiger partial charge in [0, 0.05) is 11.7 Å². The lowest BCUT2D eigenvalue weighted by Gasteiger charge is -2.51. The second-order valence-electron chi connectivity index (χ2n) is 9.87. The number of hydrogen-bond donors (Lipinski definition) is 3. The van der Waals surface area contributed by atoms with E-state index in [0.717, 1.165) is 24.8 Å². The Kier molecular flexibility index (Phi) is 5.88. The van der Waals surface area contributed by atoms with Crippen molar-refractivity contribution in [2.24, 2.45) is 0 Å². The number of carbonyl (C=O) groups is 2. The van der Waals surface area contributed by atoms with Crippen molar-refractivity contribution in [3.8, 4) is 17.5 Å². The van der Waals surface area contributed by atoms with Gasteiger partial charge in [0.2, 0.25) is 0 Å². The van der Waals surface area contributed by atoms with Gasteiger partial charge in [-0.15, -0.1) is 0 Å². The Bertz CT molecular complexity index is 1370. The molecule has 0 aromatic carbocycles. The van der Waals surface area contributed by atoms with Crippen molar-refractivity contribution in [1.29, 1.82) is 5.26 Å². The van der Waals surface area contributed by atoms with Gasteiger partial charge < -0.3 is 20.5 Å². The van der Waals surface area contributed by atoms with Crippen LogP contribution in [0, 0.1) is 11.3 Å². The van der Waals surface area contributed by atoms with Crippen molar-refractivity contribution in [2.45, 2.75) is 62.6 Å². The molecule has 0 spiro atoms. The standard InChI is InChI=1S/C26H28N6O4/c1-16(24(34)36-2)30-23(33)19-15-28-21(22-4-3-18-11-17(13-27)14-29-32(18)22)12-20(19)31-25-5-8-26(35,9-6-25)10-7-25/h3-4,11-12,14-16,35H,5-10H2,1-2H3,(H,28,31)(H,30,33)/t16-,25?,26?/m1/s1. The molecule has 0 unspecified atom stereocenters. The van der Waals surface area contributed by atoms with E-state index in [1.54, 1.807) is 17.5 Å². The monoisotopic (exact) mass is 488 g/mol. The summed E-state index contributed by atoms with van der Waals surface area (Å²) >= 11 is 0. The number of anilines is 1. The summed E-state index contributed by atoms with van der Waals surface area (Å²) in [7, 11) is 1.27. The summed E-state index contributed by atoms with van der Waals surface area (Å²) in [6, 6.07) is 8.57. The van der Waals surface area contributed by atoms with Crippen LogP contribution in [0.25, 0.3) is 16.9 Å². The maximum Gasteiger partial charge on any atom is 0.328 e. The van der Waals surface area contributed by atoms with Crippen LogP contribution >= 0.6 is 0 Å². The van der Waals surface area contributed by atoms with Gasteiger partial charge >= 0.3 is 5.97 Å². The number of amides is 1. The van der Waals surface area contributed by atoms with Crippen molar-refractivity contribution < 1.29 is 19.4 Å². The van der Waals surface area contributed by atoms with Gasteiger partial charge in [0.1, 0.15) is 12.1 Å². The average Bonchev–Trinajstić information content (AvgIpc) is 3.32. The fraction of sp³-hybridized carbons (Fsp3) is 0.423. The third-order valence-corrected chi connectivity index (χ3v) is 7.55. The number of pyridine rings is 1. The van der Waals surface area contributed by atoms with E-state index in [0.29, 0.717) is 47.5 Å². The zero-order valence-electron chi connectivity index (χ0n) is 20.2. The van der Waals surface area contributed by atoms with E-state index in [4.69, 9.17) is 4.74 Å². The first-order valence-corrected chi connectivity index (χ1v) is 12.0. The fourth-order valence-corrected chi connectivity index (χ4v) is 5.28. The molecular weight excluding hydrogens is 460 g/mol. The summed E-state index contributed by atoms with van der Waals surface area (Å²) in [6.07, 6.45) is 7.54. The molecule has 10 heteroatoms. The highest BCUT2D eigenvalue weighted by atomic mass is 16.5. The Labute approximate surface area is 208 Å². The Morgan fingerprint density at radius 1 is 1.17 bits per heavy atom. The third kappa shape index (κ3) is 4.27. The number of hydrogen-bond acceptors (Lipinski definition) is 8. The minimum Gasteiger partial charge on any atom is -0.467 e. The quantitative estimate of drug-likeness (QED) is 0.450. The van der Waals surface area contributed by atoms with E-state index in [2.05, 4.69) is 26.8 Å². The number of nitrogens with zero attached hydrogens (tertiary/aromatic N) is 4. The van der Waals surface area contributed by atoms with Crippen molar-refractivity contribution in [3.63, 3.8) is 0 Å². The number of fused-ring (bicyclic) bond motifs is 4. The van der Waals surface area contributed by atoms with Crippen LogP contribution in [0.15, 0.2) is 36.7 Å². The van der Waals surface area contributed by atoms with E-state index in [1.165, 1.54) is 19.5 Å². The summed E-state index contributed by atoms with van der Waals surface area (Å²) in [6.45, 7) is 1.56. The van der Waals surface area contributed by atoms with Gasteiger partial charge in [-0.25, -0.2) is 9.31 Å². The Morgan fingerprint density at radius 3 is 2.56 bits per heavy atom. The number of esters is 1. The Hall–Kier alpha value is -3.97. The maximum atomic E-state index is 13.2. The molecule has 0 radical (unpaired) electrons. The number of carbonyl (C=O) groups excluding carboxylic acids is 2. The van der Waals surface area contributed by atoms with Crippen LogP contribution in [0.2, 0.25) is 0 Å². The molecule has 3 saturated carbocycles. The maximum absolute atomic E-state index is 13.2. The molecule has 3 aliphatic carbocycles. The molecule has 3 aromatic heterocycles. The van der Waals surface area contributed by atoms with Gasteiger partial charge in [0.15, 0.2) is 0 Å². The van der Waals surface area contributed by atoms with Crippen molar-refractivity contribution in [2.75, 3.05) is 12.4 Å². The second-order valence-corrected chi connectivity index (χ2v) is 9.87. The van der Waals surface area contributed by atoms with Gasteiger partial charge in [-0.1, -0.05) is 0 Å². The van der Waals surface area contributed by atoms with Crippen LogP contribution < -0.4 is 10.6 Å². The number of nitrogens with one attached hydrogen (secondary N) is 2. The zero-order chi connectivity index (χ0) is 25.5. The topological polar surface area (TPSA) is 142 Å². The number of ether oxygens (including phenoxy) is 1. The van der Waals surface area contributed by atoms with Gasteiger partial charge in [-0.2, -0.15) is 10.4 Å². The average molecular weight is 489 g/mol. The molecule has 36 heavy (non-hydrogen) atoms. The van der Waals surface area contributed by atoms with Gasteiger partial charge in [-0.3, -0.25) is 9.78 Å². The second kappa shape index (κ2) is 8.91. The first-order valence-electron chi connectivity index (χ1n) is 12.0. The van der Waals surface area contributed by atoms with Crippen LogP contribution in [0.4, 0.5) is 5.69 Å². The molecule has 6 rings (SSSR count). The summed E-state index contributed by atoms with van der Waals surface area (Å²) in [4.78, 5) is 29.6. The Morgan fingerprint density at radius 2 is 1.89 bits per heavy atom. The molecule has 0 saturated heterocycles. The molecule has 10 nitrogen and oxygen atoms in total. The highest BCUT2D eigenvalue weighted by molar-refractivity contribution is 6.01. The molecule has 2 bridgehead atoms. The van der Waals surface area contributed by atoms with Crippen molar-refractivity contribution in [3.05, 3.63) is 47.8 Å². The number of aromatic nitrogens is 3. The number of aliphatic hydroxyl groups is 1. The minimum absolute atomic E-state index is 0.229. The highest BCUT2D eigenvalue weighted by Crippen LogP contribution is 2.48. The van der Waals surface area contributed by atoms with E-state index in [-0.39, 0.29) is 5.54 Å². The van der Waals surface area contributed by atoms with Crippen molar-refractivity contribution >= 4 is 23.1 Å². The summed E-state index contributed by atoms with van der Waals surface area (Å²) in [5.74, 6) is -0.979. The predicted molar refractivity (Wildman–Crippen MR) is 131 cm³/mol. The van der Waals surface area contributed by atoms with Crippen molar-refractivity contribution in [1.82, 2.24) is 19.9 Å². The van der Waals surface area contributed by atoms with Crippen LogP contribution in [-0.2, 0) is 9.53 Å². The van der Waals surface area contributed by atoms with Crippen LogP contribution in [0.3, 0.4) is 0 Å². The van der Waals surface area contributed by atoms with Gasteiger partial charge in [-0.05, 0) is 69.7 Å². The lowest BCUT2D eigenvalue weighted by molar-refractivity contribution is -0.142. The molecule has 3 heterocycles. The largest absolute Gasteiger partial charge is 0.467 e. The molecular formula is C26H28N6O4. The molecule has 1 atom stereocenters. The molecule has 3 aliphatic rings. The molecule has 3 fully saturated rings. The predicted octanol–water partition coefficient (Wildman–Crippen LogP) is 2.81. The number of rotatable bonds is 6. The van der Waals surface area contributed by atoms with E-state index >= 15 is 0 Å². The smallest absolute Gasteiger partial charge is 0.328 e. The number of nitriles is 1. The molecule has 0 aliphatic heterocycles. The third-order valence-electron chi connectivity index (χ3n) is 7.55. The fourth-order valence-electron chi connectivity index (χ4n) is 5.28. The Balaban J connectivity index is 1.53. The zero-order valence-corrected chi connectivity index (χ0v) is 20.2. The molecule has 1 amide bonds. The first kappa shape index (κ1) is 23.8. The summed E-state index contributed by atoms with van der Waals surface area (Å²) in [5.41, 5.74) is 2.64. The van der Waals surface area contributed by atoms with E-state index in [1.807, 2.05) is 18.2 Å². The van der Waals surface area contributed by atoms with Crippen LogP contribution in [0.1, 0.15) is 61.4 Å². The summed E-state index contributed by atoms with van der Waals surface area (Å²) in [5, 5.41) is 30.5. The van der Waals surface area contributed by atoms with E-state index < -0.39 is 23.5 Å². The highest BCUT2D eigenvalue weighted by Gasteiger charge is 2.48. The lowest BCUT2D eigenvalue weighted by atomic mass is 9.63. The van der Waals surface area contributed by atoms with Gasteiger partial charge in [0.25, 0.3) is 5.91 Å². The first-order chi connectivity index (χ1) is 17.2. The normalized spacial score (nSPS) is 23.6. The van der Waals surface area contributed by atoms with Crippen LogP contribution in [0.5, 0.6) is 0 Å². The van der Waals surface area contributed by atoms with Crippen LogP contribution in [-0.4, -0.2) is 55.9 Å². The molecule has 186 valence electrons. The molecule has 3 N–H and O–H groups in total. The number of methoxy groups -OCH3 is 1. The summed E-state index contributed by atoms with van der Waals surface area (Å²) < 4.78 is 6.44. The van der Waals surface area contributed by atoms with E-state index in [9.17, 15) is 20.0 Å².